The normalized spacial score (nSPS) is 18.1. The molecule has 158 valence electrons. The summed E-state index contributed by atoms with van der Waals surface area (Å²) in [5.41, 5.74) is 0.311. The molecule has 1 aromatic rings. The first-order chi connectivity index (χ1) is 13.2. The van der Waals surface area contributed by atoms with Crippen molar-refractivity contribution in [2.75, 3.05) is 36.7 Å². The predicted octanol–water partition coefficient (Wildman–Crippen LogP) is 3.53. The van der Waals surface area contributed by atoms with Gasteiger partial charge in [0.2, 0.25) is 15.9 Å². The predicted molar refractivity (Wildman–Crippen MR) is 116 cm³/mol. The van der Waals surface area contributed by atoms with Gasteiger partial charge < -0.3 is 10.2 Å². The molecule has 1 atom stereocenters. The zero-order valence-electron chi connectivity index (χ0n) is 16.5. The number of hydrogen-bond donors (Lipinski definition) is 1. The maximum Gasteiger partial charge on any atom is 0.240 e. The summed E-state index contributed by atoms with van der Waals surface area (Å²) in [6, 6.07) is 5.13. The lowest BCUT2D eigenvalue weighted by molar-refractivity contribution is -0.119. The van der Waals surface area contributed by atoms with E-state index in [1.807, 2.05) is 0 Å². The summed E-state index contributed by atoms with van der Waals surface area (Å²) in [5, 5.41) is 3.38. The van der Waals surface area contributed by atoms with Crippen molar-refractivity contribution >= 4 is 44.8 Å². The van der Waals surface area contributed by atoms with Gasteiger partial charge in [0, 0.05) is 19.1 Å². The molecule has 0 bridgehead atoms. The molecule has 0 aromatic heterocycles. The molecule has 1 heterocycles. The Morgan fingerprint density at radius 2 is 2.04 bits per heavy atom. The SMILES string of the molecule is CCC1CCCCN1CCCNC(=O)CN(c1ccc(Cl)c(Cl)c1)S(C)(=O)=O. The van der Waals surface area contributed by atoms with Crippen LogP contribution < -0.4 is 9.62 Å². The van der Waals surface area contributed by atoms with Gasteiger partial charge in [0.05, 0.1) is 22.0 Å². The van der Waals surface area contributed by atoms with Gasteiger partial charge in [-0.2, -0.15) is 0 Å². The molecule has 1 unspecified atom stereocenters. The molecule has 1 amide bonds. The number of nitrogens with zero attached hydrogens (tertiary/aromatic N) is 2. The van der Waals surface area contributed by atoms with Crippen molar-refractivity contribution in [3.63, 3.8) is 0 Å². The molecule has 0 radical (unpaired) electrons. The summed E-state index contributed by atoms with van der Waals surface area (Å²) in [6.07, 6.45) is 6.82. The zero-order valence-corrected chi connectivity index (χ0v) is 18.8. The van der Waals surface area contributed by atoms with Crippen LogP contribution in [-0.2, 0) is 14.8 Å². The molecule has 1 aliphatic rings. The number of hydrogen-bond acceptors (Lipinski definition) is 4. The van der Waals surface area contributed by atoms with E-state index < -0.39 is 10.0 Å². The topological polar surface area (TPSA) is 69.7 Å². The minimum Gasteiger partial charge on any atom is -0.354 e. The van der Waals surface area contributed by atoms with Crippen molar-refractivity contribution < 1.29 is 13.2 Å². The van der Waals surface area contributed by atoms with Crippen LogP contribution in [-0.4, -0.2) is 57.7 Å². The molecular formula is C19H29Cl2N3O3S. The van der Waals surface area contributed by atoms with Crippen LogP contribution in [0.2, 0.25) is 10.0 Å². The average Bonchev–Trinajstić information content (AvgIpc) is 2.65. The second kappa shape index (κ2) is 10.7. The van der Waals surface area contributed by atoms with Gasteiger partial charge in [-0.05, 0) is 50.4 Å². The lowest BCUT2D eigenvalue weighted by atomic mass is 10.00. The standard InChI is InChI=1S/C19H29Cl2N3O3S/c1-3-15-7-4-5-11-23(15)12-6-10-22-19(25)14-24(28(2,26)27)16-8-9-17(20)18(21)13-16/h8-9,13,15H,3-7,10-12,14H2,1-2H3,(H,22,25). The highest BCUT2D eigenvalue weighted by molar-refractivity contribution is 7.92. The van der Waals surface area contributed by atoms with E-state index in [0.717, 1.165) is 36.5 Å². The van der Waals surface area contributed by atoms with E-state index in [1.165, 1.54) is 37.5 Å². The Labute approximate surface area is 178 Å². The molecule has 2 rings (SSSR count). The number of anilines is 1. The van der Waals surface area contributed by atoms with E-state index >= 15 is 0 Å². The van der Waals surface area contributed by atoms with Crippen LogP contribution in [0.25, 0.3) is 0 Å². The summed E-state index contributed by atoms with van der Waals surface area (Å²) in [5.74, 6) is -0.345. The number of likely N-dealkylation sites (tertiary alicyclic amines) is 1. The molecule has 1 N–H and O–H groups in total. The first-order valence-electron chi connectivity index (χ1n) is 9.66. The minimum absolute atomic E-state index is 0.236. The molecule has 1 fully saturated rings. The van der Waals surface area contributed by atoms with Gasteiger partial charge in [-0.25, -0.2) is 8.42 Å². The van der Waals surface area contributed by atoms with Crippen molar-refractivity contribution in [1.82, 2.24) is 10.2 Å². The van der Waals surface area contributed by atoms with Crippen molar-refractivity contribution in [3.05, 3.63) is 28.2 Å². The number of nitrogens with one attached hydrogen (secondary N) is 1. The van der Waals surface area contributed by atoms with Crippen molar-refractivity contribution in [1.29, 1.82) is 0 Å². The smallest absolute Gasteiger partial charge is 0.240 e. The number of rotatable bonds is 9. The van der Waals surface area contributed by atoms with Gasteiger partial charge in [0.25, 0.3) is 0 Å². The maximum absolute atomic E-state index is 12.3. The van der Waals surface area contributed by atoms with Crippen molar-refractivity contribution in [3.8, 4) is 0 Å². The van der Waals surface area contributed by atoms with Gasteiger partial charge in [0.1, 0.15) is 6.54 Å². The highest BCUT2D eigenvalue weighted by Gasteiger charge is 2.22. The third kappa shape index (κ3) is 6.79. The molecule has 1 saturated heterocycles. The minimum atomic E-state index is -3.64. The molecule has 0 aliphatic carbocycles. The first-order valence-corrected chi connectivity index (χ1v) is 12.3. The number of benzene rings is 1. The largest absolute Gasteiger partial charge is 0.354 e. The third-order valence-electron chi connectivity index (χ3n) is 5.04. The molecular weight excluding hydrogens is 421 g/mol. The third-order valence-corrected chi connectivity index (χ3v) is 6.92. The van der Waals surface area contributed by atoms with Crippen LogP contribution >= 0.6 is 23.2 Å². The Hall–Kier alpha value is -1.02. The second-order valence-corrected chi connectivity index (χ2v) is 9.89. The fraction of sp³-hybridized carbons (Fsp3) is 0.632. The van der Waals surface area contributed by atoms with Crippen LogP contribution in [0, 0.1) is 0 Å². The van der Waals surface area contributed by atoms with Gasteiger partial charge in [0.15, 0.2) is 0 Å². The van der Waals surface area contributed by atoms with E-state index in [0.29, 0.717) is 23.3 Å². The molecule has 0 spiro atoms. The van der Waals surface area contributed by atoms with E-state index in [2.05, 4.69) is 17.1 Å². The van der Waals surface area contributed by atoms with E-state index in [-0.39, 0.29) is 17.5 Å². The Morgan fingerprint density at radius 3 is 2.68 bits per heavy atom. The maximum atomic E-state index is 12.3. The highest BCUT2D eigenvalue weighted by Crippen LogP contribution is 2.28. The van der Waals surface area contributed by atoms with E-state index in [9.17, 15) is 13.2 Å². The fourth-order valence-corrected chi connectivity index (χ4v) is 4.69. The molecule has 6 nitrogen and oxygen atoms in total. The van der Waals surface area contributed by atoms with Gasteiger partial charge >= 0.3 is 0 Å². The number of sulfonamides is 1. The zero-order chi connectivity index (χ0) is 20.7. The Bertz CT molecular complexity index is 774. The lowest BCUT2D eigenvalue weighted by Crippen LogP contribution is -2.42. The molecule has 1 aliphatic heterocycles. The van der Waals surface area contributed by atoms with E-state index in [1.54, 1.807) is 0 Å². The number of carbonyl (C=O) groups is 1. The van der Waals surface area contributed by atoms with Crippen LogP contribution in [0.1, 0.15) is 39.0 Å². The average molecular weight is 450 g/mol. The Kier molecular flexibility index (Phi) is 8.86. The van der Waals surface area contributed by atoms with Crippen molar-refractivity contribution in [2.45, 2.75) is 45.1 Å². The molecule has 28 heavy (non-hydrogen) atoms. The summed E-state index contributed by atoms with van der Waals surface area (Å²) in [4.78, 5) is 14.8. The summed E-state index contributed by atoms with van der Waals surface area (Å²) < 4.78 is 25.3. The number of carbonyl (C=O) groups excluding carboxylic acids is 1. The van der Waals surface area contributed by atoms with Crippen LogP contribution in [0.4, 0.5) is 5.69 Å². The number of amides is 1. The van der Waals surface area contributed by atoms with E-state index in [4.69, 9.17) is 23.2 Å². The fourth-order valence-electron chi connectivity index (χ4n) is 3.55. The van der Waals surface area contributed by atoms with Gasteiger partial charge in [-0.3, -0.25) is 9.10 Å². The summed E-state index contributed by atoms with van der Waals surface area (Å²) in [7, 11) is -3.64. The highest BCUT2D eigenvalue weighted by atomic mass is 35.5. The van der Waals surface area contributed by atoms with Crippen LogP contribution in [0.3, 0.4) is 0 Å². The molecule has 1 aromatic carbocycles. The lowest BCUT2D eigenvalue weighted by Gasteiger charge is -2.35. The van der Waals surface area contributed by atoms with Crippen LogP contribution in [0.5, 0.6) is 0 Å². The van der Waals surface area contributed by atoms with Crippen molar-refractivity contribution in [2.24, 2.45) is 0 Å². The summed E-state index contributed by atoms with van der Waals surface area (Å²) in [6.45, 7) is 4.50. The molecule has 0 saturated carbocycles. The number of halogens is 2. The molecule has 9 heteroatoms. The Morgan fingerprint density at radius 1 is 1.29 bits per heavy atom. The quantitative estimate of drug-likeness (QED) is 0.585. The number of piperidine rings is 1. The Balaban J connectivity index is 1.87. The van der Waals surface area contributed by atoms with Crippen LogP contribution in [0.15, 0.2) is 18.2 Å². The summed E-state index contributed by atoms with van der Waals surface area (Å²) >= 11 is 11.9. The second-order valence-electron chi connectivity index (χ2n) is 7.17. The monoisotopic (exact) mass is 449 g/mol. The first kappa shape index (κ1) is 23.3. The van der Waals surface area contributed by atoms with Gasteiger partial charge in [-0.1, -0.05) is 36.5 Å². The van der Waals surface area contributed by atoms with Gasteiger partial charge in [-0.15, -0.1) is 0 Å².